The molecule has 7 heteroatoms. The summed E-state index contributed by atoms with van der Waals surface area (Å²) in [5, 5.41) is 11.3. The third-order valence-corrected chi connectivity index (χ3v) is 12.0. The van der Waals surface area contributed by atoms with E-state index in [0.717, 1.165) is 21.9 Å². The van der Waals surface area contributed by atoms with Gasteiger partial charge in [-0.25, -0.2) is 5.06 Å². The van der Waals surface area contributed by atoms with E-state index in [1.165, 1.54) is 0 Å². The van der Waals surface area contributed by atoms with E-state index in [-0.39, 0.29) is 23.4 Å². The van der Waals surface area contributed by atoms with Crippen molar-refractivity contribution in [3.8, 4) is 5.75 Å². The number of hydroxylamine groups is 2. The summed E-state index contributed by atoms with van der Waals surface area (Å²) in [5.41, 5.74) is 0.826. The number of carbonyl (C=O) groups is 2. The molecule has 0 aliphatic carbocycles. The molecule has 0 saturated carbocycles. The number of hydrogen-bond acceptors (Lipinski definition) is 4. The van der Waals surface area contributed by atoms with Crippen molar-refractivity contribution in [3.63, 3.8) is 0 Å². The molecule has 0 aromatic heterocycles. The van der Waals surface area contributed by atoms with Gasteiger partial charge in [0.25, 0.3) is 5.91 Å². The summed E-state index contributed by atoms with van der Waals surface area (Å²) in [6.45, 7) is 11.5. The molecule has 2 saturated heterocycles. The summed E-state index contributed by atoms with van der Waals surface area (Å²) in [6.07, 6.45) is 0.705. The topological polar surface area (TPSA) is 70.1 Å². The molecule has 2 atom stereocenters. The second kappa shape index (κ2) is 8.29. The summed E-state index contributed by atoms with van der Waals surface area (Å²) in [4.78, 5) is 27.9. The van der Waals surface area contributed by atoms with Gasteiger partial charge in [0, 0.05) is 18.9 Å². The van der Waals surface area contributed by atoms with Gasteiger partial charge in [-0.15, -0.1) is 0 Å². The van der Waals surface area contributed by atoms with Crippen LogP contribution in [0, 0.1) is 0 Å². The van der Waals surface area contributed by atoms with Gasteiger partial charge >= 0.3 is 0 Å². The monoisotopic (exact) mass is 466 g/mol. The molecule has 0 radical (unpaired) electrons. The molecule has 2 fully saturated rings. The zero-order valence-electron chi connectivity index (χ0n) is 20.2. The van der Waals surface area contributed by atoms with Crippen LogP contribution < -0.4 is 4.43 Å². The van der Waals surface area contributed by atoms with Crippen LogP contribution in [0.2, 0.25) is 18.1 Å². The molecule has 2 aromatic rings. The quantitative estimate of drug-likeness (QED) is 0.500. The Morgan fingerprint density at radius 2 is 1.70 bits per heavy atom. The first-order valence-corrected chi connectivity index (χ1v) is 14.5. The maximum absolute atomic E-state index is 13.3. The molecule has 2 aliphatic heterocycles. The van der Waals surface area contributed by atoms with Crippen LogP contribution in [0.4, 0.5) is 0 Å². The van der Waals surface area contributed by atoms with Crippen LogP contribution in [0.15, 0.2) is 54.6 Å². The number of hydrogen-bond donors (Lipinski definition) is 1. The van der Waals surface area contributed by atoms with Crippen LogP contribution >= 0.6 is 0 Å². The summed E-state index contributed by atoms with van der Waals surface area (Å²) >= 11 is 0. The number of nitrogens with zero attached hydrogens (tertiary/aromatic N) is 2. The van der Waals surface area contributed by atoms with Crippen LogP contribution in [-0.4, -0.2) is 47.4 Å². The summed E-state index contributed by atoms with van der Waals surface area (Å²) in [6, 6.07) is 17.5. The average molecular weight is 467 g/mol. The van der Waals surface area contributed by atoms with E-state index in [4.69, 9.17) is 4.43 Å². The Bertz CT molecular complexity index is 1030. The first kappa shape index (κ1) is 23.5. The lowest BCUT2D eigenvalue weighted by Crippen LogP contribution is -2.53. The molecule has 1 spiro atoms. The second-order valence-electron chi connectivity index (χ2n) is 10.8. The third kappa shape index (κ3) is 4.08. The molecule has 0 bridgehead atoms. The molecular formula is C26H34N2O4Si. The van der Waals surface area contributed by atoms with Gasteiger partial charge in [-0.3, -0.25) is 14.8 Å². The van der Waals surface area contributed by atoms with Crippen LogP contribution in [0.5, 0.6) is 5.75 Å². The number of amides is 2. The Morgan fingerprint density at radius 3 is 2.30 bits per heavy atom. The Morgan fingerprint density at radius 1 is 1.06 bits per heavy atom. The van der Waals surface area contributed by atoms with Crippen LogP contribution in [0.1, 0.15) is 50.7 Å². The standard InChI is InChI=1S/C26H34N2O4Si/c1-25(2,3)33(4,5)32-21-13-11-20(12-14-21)22-18-28(31)24(30)26(22)16-15-23(29)27(26)17-19-9-7-6-8-10-19/h6-14,22,31H,15-18H2,1-5H3/t22-,26-/m0/s1. The summed E-state index contributed by atoms with van der Waals surface area (Å²) in [5.74, 6) is 0.0570. The molecule has 0 unspecified atom stereocenters. The molecular weight excluding hydrogens is 432 g/mol. The lowest BCUT2D eigenvalue weighted by atomic mass is 9.79. The minimum Gasteiger partial charge on any atom is -0.544 e. The highest BCUT2D eigenvalue weighted by Crippen LogP contribution is 2.48. The van der Waals surface area contributed by atoms with E-state index < -0.39 is 19.8 Å². The molecule has 176 valence electrons. The molecule has 4 rings (SSSR count). The second-order valence-corrected chi connectivity index (χ2v) is 15.5. The van der Waals surface area contributed by atoms with Crippen molar-refractivity contribution in [1.82, 2.24) is 9.96 Å². The van der Waals surface area contributed by atoms with Crippen LogP contribution in [0.25, 0.3) is 0 Å². The number of benzene rings is 2. The minimum absolute atomic E-state index is 0.0506. The molecule has 1 N–H and O–H groups in total. The highest BCUT2D eigenvalue weighted by Gasteiger charge is 2.62. The van der Waals surface area contributed by atoms with Crippen molar-refractivity contribution in [2.45, 2.75) is 69.7 Å². The van der Waals surface area contributed by atoms with Gasteiger partial charge in [-0.2, -0.15) is 0 Å². The number of carbonyl (C=O) groups excluding carboxylic acids is 2. The Balaban J connectivity index is 1.65. The Kier molecular flexibility index (Phi) is 5.91. The lowest BCUT2D eigenvalue weighted by molar-refractivity contribution is -0.166. The van der Waals surface area contributed by atoms with Gasteiger partial charge in [0.05, 0.1) is 6.54 Å². The predicted octanol–water partition coefficient (Wildman–Crippen LogP) is 4.95. The van der Waals surface area contributed by atoms with E-state index >= 15 is 0 Å². The van der Waals surface area contributed by atoms with Gasteiger partial charge in [0.1, 0.15) is 11.3 Å². The van der Waals surface area contributed by atoms with Crippen molar-refractivity contribution in [3.05, 3.63) is 65.7 Å². The van der Waals surface area contributed by atoms with Crippen molar-refractivity contribution >= 4 is 20.1 Å². The van der Waals surface area contributed by atoms with Crippen LogP contribution in [0.3, 0.4) is 0 Å². The maximum Gasteiger partial charge on any atom is 0.272 e. The van der Waals surface area contributed by atoms with Gasteiger partial charge in [-0.1, -0.05) is 63.2 Å². The molecule has 2 aromatic carbocycles. The van der Waals surface area contributed by atoms with Crippen LogP contribution in [-0.2, 0) is 16.1 Å². The zero-order valence-corrected chi connectivity index (χ0v) is 21.2. The Labute approximate surface area is 197 Å². The van der Waals surface area contributed by atoms with Crippen molar-refractivity contribution in [1.29, 1.82) is 0 Å². The fourth-order valence-electron chi connectivity index (χ4n) is 4.75. The third-order valence-electron chi connectivity index (χ3n) is 7.68. The van der Waals surface area contributed by atoms with E-state index in [9.17, 15) is 14.8 Å². The zero-order chi connectivity index (χ0) is 24.0. The summed E-state index contributed by atoms with van der Waals surface area (Å²) in [7, 11) is -1.97. The van der Waals surface area contributed by atoms with Crippen molar-refractivity contribution in [2.24, 2.45) is 0 Å². The SMILES string of the molecule is CC(C)(C)[Si](C)(C)Oc1ccc([C@@H]2CN(O)C(=O)[C@]23CCC(=O)N3Cc2ccccc2)cc1. The summed E-state index contributed by atoms with van der Waals surface area (Å²) < 4.78 is 6.41. The highest BCUT2D eigenvalue weighted by molar-refractivity contribution is 6.74. The lowest BCUT2D eigenvalue weighted by Gasteiger charge is -2.38. The fraction of sp³-hybridized carbons (Fsp3) is 0.462. The van der Waals surface area contributed by atoms with Gasteiger partial charge < -0.3 is 9.33 Å². The largest absolute Gasteiger partial charge is 0.544 e. The van der Waals surface area contributed by atoms with Gasteiger partial charge in [0.2, 0.25) is 14.2 Å². The first-order chi connectivity index (χ1) is 15.5. The molecule has 33 heavy (non-hydrogen) atoms. The molecule has 2 heterocycles. The fourth-order valence-corrected chi connectivity index (χ4v) is 5.78. The minimum atomic E-state index is -1.97. The number of likely N-dealkylation sites (tertiary alicyclic amines) is 1. The van der Waals surface area contributed by atoms with E-state index in [0.29, 0.717) is 19.4 Å². The maximum atomic E-state index is 13.3. The molecule has 2 aliphatic rings. The molecule has 2 amide bonds. The van der Waals surface area contributed by atoms with Gasteiger partial charge in [0.15, 0.2) is 0 Å². The van der Waals surface area contributed by atoms with E-state index in [1.54, 1.807) is 4.90 Å². The van der Waals surface area contributed by atoms with Crippen molar-refractivity contribution in [2.75, 3.05) is 6.54 Å². The number of rotatable bonds is 5. The average Bonchev–Trinajstić information content (AvgIpc) is 3.21. The highest BCUT2D eigenvalue weighted by atomic mass is 28.4. The van der Waals surface area contributed by atoms with E-state index in [1.807, 2.05) is 54.6 Å². The van der Waals surface area contributed by atoms with E-state index in [2.05, 4.69) is 33.9 Å². The Hall–Kier alpha value is -2.64. The normalized spacial score (nSPS) is 23.6. The first-order valence-electron chi connectivity index (χ1n) is 11.6. The predicted molar refractivity (Wildman–Crippen MR) is 129 cm³/mol. The van der Waals surface area contributed by atoms with Crippen molar-refractivity contribution < 1.29 is 19.2 Å². The molecule has 6 nitrogen and oxygen atoms in total. The smallest absolute Gasteiger partial charge is 0.272 e. The van der Waals surface area contributed by atoms with Gasteiger partial charge in [-0.05, 0) is 47.8 Å².